The Morgan fingerprint density at radius 3 is 2.27 bits per heavy atom. The number of aromatic nitrogens is 1. The highest BCUT2D eigenvalue weighted by Gasteiger charge is 2.27. The molecule has 0 radical (unpaired) electrons. The molecular weight excluding hydrogens is 402 g/mol. The minimum atomic E-state index is -0.202. The van der Waals surface area contributed by atoms with Crippen molar-refractivity contribution in [1.82, 2.24) is 15.0 Å². The van der Waals surface area contributed by atoms with Gasteiger partial charge in [0.2, 0.25) is 0 Å². The number of rotatable bonds is 4. The molecule has 3 aromatic rings. The molecule has 2 amide bonds. The van der Waals surface area contributed by atoms with Crippen LogP contribution in [0.25, 0.3) is 11.3 Å². The third kappa shape index (κ3) is 4.24. The van der Waals surface area contributed by atoms with Gasteiger partial charge >= 0.3 is 0 Å². The predicted molar refractivity (Wildman–Crippen MR) is 115 cm³/mol. The van der Waals surface area contributed by atoms with Gasteiger partial charge in [-0.25, -0.2) is 0 Å². The van der Waals surface area contributed by atoms with Crippen molar-refractivity contribution in [2.45, 2.75) is 13.3 Å². The summed E-state index contributed by atoms with van der Waals surface area (Å²) in [6.07, 6.45) is 0.941. The summed E-state index contributed by atoms with van der Waals surface area (Å²) in [7, 11) is 0. The highest BCUT2D eigenvalue weighted by molar-refractivity contribution is 6.30. The van der Waals surface area contributed by atoms with Crippen molar-refractivity contribution in [3.05, 3.63) is 76.4 Å². The molecule has 0 saturated carbocycles. The SMILES string of the molecule is CCc1ccc(C(=O)N2CCN(C(=O)c3cc(-c4cccc(Cl)c4)on3)CC2)cc1. The number of hydrogen-bond donors (Lipinski definition) is 0. The van der Waals surface area contributed by atoms with E-state index in [1.54, 1.807) is 28.0 Å². The second kappa shape index (κ2) is 8.71. The van der Waals surface area contributed by atoms with Crippen LogP contribution in [0.2, 0.25) is 5.02 Å². The Morgan fingerprint density at radius 2 is 1.63 bits per heavy atom. The van der Waals surface area contributed by atoms with E-state index in [9.17, 15) is 9.59 Å². The molecule has 1 saturated heterocycles. The van der Waals surface area contributed by atoms with Crippen molar-refractivity contribution in [3.8, 4) is 11.3 Å². The molecule has 2 heterocycles. The van der Waals surface area contributed by atoms with Gasteiger partial charge in [-0.05, 0) is 36.2 Å². The fourth-order valence-corrected chi connectivity index (χ4v) is 3.68. The number of carbonyl (C=O) groups is 2. The third-order valence-electron chi connectivity index (χ3n) is 5.30. The van der Waals surface area contributed by atoms with E-state index in [2.05, 4.69) is 12.1 Å². The van der Waals surface area contributed by atoms with Crippen LogP contribution in [-0.4, -0.2) is 52.9 Å². The summed E-state index contributed by atoms with van der Waals surface area (Å²) in [6, 6.07) is 16.5. The number of hydrogen-bond acceptors (Lipinski definition) is 4. The summed E-state index contributed by atoms with van der Waals surface area (Å²) in [5, 5.41) is 4.51. The zero-order valence-corrected chi connectivity index (χ0v) is 17.4. The molecule has 6 nitrogen and oxygen atoms in total. The molecule has 0 atom stereocenters. The lowest BCUT2D eigenvalue weighted by molar-refractivity contribution is 0.0530. The maximum absolute atomic E-state index is 12.8. The molecule has 0 spiro atoms. The van der Waals surface area contributed by atoms with E-state index in [1.807, 2.05) is 36.4 Å². The Hall–Kier alpha value is -3.12. The molecule has 0 N–H and O–H groups in total. The quantitative estimate of drug-likeness (QED) is 0.632. The van der Waals surface area contributed by atoms with E-state index in [4.69, 9.17) is 16.1 Å². The first kappa shape index (κ1) is 20.2. The number of nitrogens with zero attached hydrogens (tertiary/aromatic N) is 3. The first-order valence-electron chi connectivity index (χ1n) is 9.95. The minimum absolute atomic E-state index is 0.00516. The predicted octanol–water partition coefficient (Wildman–Crippen LogP) is 4.16. The van der Waals surface area contributed by atoms with Crippen molar-refractivity contribution in [2.75, 3.05) is 26.2 Å². The van der Waals surface area contributed by atoms with Gasteiger partial charge in [0.1, 0.15) is 0 Å². The smallest absolute Gasteiger partial charge is 0.276 e. The second-order valence-electron chi connectivity index (χ2n) is 7.22. The van der Waals surface area contributed by atoms with Crippen molar-refractivity contribution in [3.63, 3.8) is 0 Å². The van der Waals surface area contributed by atoms with Crippen molar-refractivity contribution >= 4 is 23.4 Å². The fraction of sp³-hybridized carbons (Fsp3) is 0.261. The van der Waals surface area contributed by atoms with Gasteiger partial charge in [-0.1, -0.05) is 47.9 Å². The van der Waals surface area contributed by atoms with Gasteiger partial charge in [0.25, 0.3) is 11.8 Å². The third-order valence-corrected chi connectivity index (χ3v) is 5.54. The van der Waals surface area contributed by atoms with E-state index in [-0.39, 0.29) is 17.5 Å². The van der Waals surface area contributed by atoms with E-state index < -0.39 is 0 Å². The number of amides is 2. The maximum Gasteiger partial charge on any atom is 0.276 e. The normalized spacial score (nSPS) is 14.1. The van der Waals surface area contributed by atoms with Crippen LogP contribution in [0.15, 0.2) is 59.1 Å². The molecule has 0 unspecified atom stereocenters. The number of halogens is 1. The summed E-state index contributed by atoms with van der Waals surface area (Å²) in [6.45, 7) is 3.96. The van der Waals surface area contributed by atoms with Crippen LogP contribution >= 0.6 is 11.6 Å². The molecule has 1 aliphatic heterocycles. The van der Waals surface area contributed by atoms with Gasteiger partial charge in [-0.15, -0.1) is 0 Å². The van der Waals surface area contributed by atoms with Crippen LogP contribution < -0.4 is 0 Å². The minimum Gasteiger partial charge on any atom is -0.355 e. The fourth-order valence-electron chi connectivity index (χ4n) is 3.49. The van der Waals surface area contributed by atoms with Crippen molar-refractivity contribution in [2.24, 2.45) is 0 Å². The molecule has 30 heavy (non-hydrogen) atoms. The summed E-state index contributed by atoms with van der Waals surface area (Å²) in [5.74, 6) is 0.283. The van der Waals surface area contributed by atoms with Gasteiger partial charge in [0, 0.05) is 48.4 Å². The topological polar surface area (TPSA) is 66.7 Å². The van der Waals surface area contributed by atoms with Gasteiger partial charge in [-0.2, -0.15) is 0 Å². The first-order chi connectivity index (χ1) is 14.5. The highest BCUT2D eigenvalue weighted by atomic mass is 35.5. The van der Waals surface area contributed by atoms with E-state index >= 15 is 0 Å². The Balaban J connectivity index is 1.38. The van der Waals surface area contributed by atoms with Crippen LogP contribution in [-0.2, 0) is 6.42 Å². The monoisotopic (exact) mass is 423 g/mol. The standard InChI is InChI=1S/C23H22ClN3O3/c1-2-16-6-8-17(9-7-16)22(28)26-10-12-27(13-11-26)23(29)20-15-21(30-25-20)18-4-3-5-19(24)14-18/h3-9,14-15H,2,10-13H2,1H3. The number of aryl methyl sites for hydroxylation is 1. The Kier molecular flexibility index (Phi) is 5.86. The number of benzene rings is 2. The zero-order chi connectivity index (χ0) is 21.1. The van der Waals surface area contributed by atoms with Crippen molar-refractivity contribution < 1.29 is 14.1 Å². The highest BCUT2D eigenvalue weighted by Crippen LogP contribution is 2.24. The molecule has 0 bridgehead atoms. The van der Waals surface area contributed by atoms with Crippen LogP contribution in [0, 0.1) is 0 Å². The summed E-state index contributed by atoms with van der Waals surface area (Å²) >= 11 is 6.01. The van der Waals surface area contributed by atoms with Crippen molar-refractivity contribution in [1.29, 1.82) is 0 Å². The van der Waals surface area contributed by atoms with Gasteiger partial charge in [-0.3, -0.25) is 9.59 Å². The molecule has 1 aliphatic rings. The number of carbonyl (C=O) groups excluding carboxylic acids is 2. The molecule has 0 aliphatic carbocycles. The second-order valence-corrected chi connectivity index (χ2v) is 7.66. The molecule has 7 heteroatoms. The largest absolute Gasteiger partial charge is 0.355 e. The zero-order valence-electron chi connectivity index (χ0n) is 16.7. The molecule has 1 fully saturated rings. The molecule has 4 rings (SSSR count). The van der Waals surface area contributed by atoms with Crippen LogP contribution in [0.1, 0.15) is 33.3 Å². The molecule has 2 aromatic carbocycles. The molecule has 1 aromatic heterocycles. The summed E-state index contributed by atoms with van der Waals surface area (Å²) < 4.78 is 5.33. The maximum atomic E-state index is 12.8. The Bertz CT molecular complexity index is 1050. The van der Waals surface area contributed by atoms with Gasteiger partial charge in [0.15, 0.2) is 11.5 Å². The lowest BCUT2D eigenvalue weighted by Crippen LogP contribution is -2.50. The number of piperazine rings is 1. The van der Waals surface area contributed by atoms with E-state index in [1.165, 1.54) is 5.56 Å². The lowest BCUT2D eigenvalue weighted by Gasteiger charge is -2.34. The summed E-state index contributed by atoms with van der Waals surface area (Å²) in [5.41, 5.74) is 2.89. The molecule has 154 valence electrons. The van der Waals surface area contributed by atoms with E-state index in [0.29, 0.717) is 42.5 Å². The van der Waals surface area contributed by atoms with Crippen LogP contribution in [0.3, 0.4) is 0 Å². The van der Waals surface area contributed by atoms with E-state index in [0.717, 1.165) is 12.0 Å². The van der Waals surface area contributed by atoms with Crippen LogP contribution in [0.4, 0.5) is 0 Å². The van der Waals surface area contributed by atoms with Gasteiger partial charge < -0.3 is 14.3 Å². The Labute approximate surface area is 180 Å². The first-order valence-corrected chi connectivity index (χ1v) is 10.3. The van der Waals surface area contributed by atoms with Crippen LogP contribution in [0.5, 0.6) is 0 Å². The average Bonchev–Trinajstić information content (AvgIpc) is 3.29. The Morgan fingerprint density at radius 1 is 0.967 bits per heavy atom. The molecular formula is C23H22ClN3O3. The lowest BCUT2D eigenvalue weighted by atomic mass is 10.1. The average molecular weight is 424 g/mol. The van der Waals surface area contributed by atoms with Gasteiger partial charge in [0.05, 0.1) is 0 Å². The summed E-state index contributed by atoms with van der Waals surface area (Å²) in [4.78, 5) is 29.0.